The summed E-state index contributed by atoms with van der Waals surface area (Å²) in [6, 6.07) is 0. The first kappa shape index (κ1) is 24.0. The van der Waals surface area contributed by atoms with Gasteiger partial charge in [-0.15, -0.1) is 0 Å². The monoisotopic (exact) mass is 411 g/mol. The maximum absolute atomic E-state index is 12.5. The molecule has 10 nitrogen and oxygen atoms in total. The minimum absolute atomic E-state index is 0.0754. The van der Waals surface area contributed by atoms with Crippen molar-refractivity contribution in [3.8, 4) is 0 Å². The molecule has 0 saturated carbocycles. The third kappa shape index (κ3) is 8.93. The van der Waals surface area contributed by atoms with E-state index in [1.165, 1.54) is 0 Å². The van der Waals surface area contributed by atoms with Crippen LogP contribution >= 0.6 is 19.3 Å². The second-order valence-electron chi connectivity index (χ2n) is 6.36. The molecule has 1 rings (SSSR count). The summed E-state index contributed by atoms with van der Waals surface area (Å²) in [5, 5.41) is 8.69. The number of amides is 1. The predicted molar refractivity (Wildman–Crippen MR) is 99.9 cm³/mol. The van der Waals surface area contributed by atoms with Crippen molar-refractivity contribution in [3.05, 3.63) is 10.8 Å². The number of nitrogens with one attached hydrogen (secondary N) is 2. The number of rotatable bonds is 3. The fourth-order valence-corrected chi connectivity index (χ4v) is 2.24. The zero-order chi connectivity index (χ0) is 20.9. The Morgan fingerprint density at radius 3 is 2.19 bits per heavy atom. The predicted octanol–water partition coefficient (Wildman–Crippen LogP) is 2.15. The van der Waals surface area contributed by atoms with Crippen molar-refractivity contribution >= 4 is 42.8 Å². The SMILES string of the molecule is CC(OP(C)(=O)F)C(C)(C)C.N=C(N)NC(=O)c1nc(Cl)c(N)nc1N. The van der Waals surface area contributed by atoms with Gasteiger partial charge < -0.3 is 21.7 Å². The van der Waals surface area contributed by atoms with Gasteiger partial charge in [0.2, 0.25) is 0 Å². The van der Waals surface area contributed by atoms with Crippen LogP contribution in [-0.2, 0) is 9.09 Å². The lowest BCUT2D eigenvalue weighted by molar-refractivity contribution is 0.0971. The van der Waals surface area contributed by atoms with E-state index in [2.05, 4.69) is 9.97 Å². The maximum Gasteiger partial charge on any atom is 0.364 e. The number of nitrogen functional groups attached to an aromatic ring is 2. The molecule has 26 heavy (non-hydrogen) atoms. The number of nitrogens with two attached hydrogens (primary N) is 3. The molecule has 148 valence electrons. The van der Waals surface area contributed by atoms with Gasteiger partial charge >= 0.3 is 7.68 Å². The summed E-state index contributed by atoms with van der Waals surface area (Å²) >= 11 is 5.55. The van der Waals surface area contributed by atoms with Gasteiger partial charge in [0.1, 0.15) is 0 Å². The number of anilines is 2. The zero-order valence-corrected chi connectivity index (χ0v) is 16.8. The van der Waals surface area contributed by atoms with E-state index in [4.69, 9.17) is 38.7 Å². The van der Waals surface area contributed by atoms with E-state index >= 15 is 0 Å². The molecule has 0 radical (unpaired) electrons. The average molecular weight is 412 g/mol. The lowest BCUT2D eigenvalue weighted by Crippen LogP contribution is -2.36. The summed E-state index contributed by atoms with van der Waals surface area (Å²) in [5.41, 5.74) is 15.2. The number of nitrogens with zero attached hydrogens (tertiary/aromatic N) is 2. The molecule has 1 aromatic rings. The number of aromatic nitrogens is 2. The van der Waals surface area contributed by atoms with Crippen LogP contribution in [0.4, 0.5) is 15.8 Å². The third-order valence-electron chi connectivity index (χ3n) is 2.93. The van der Waals surface area contributed by atoms with E-state index in [9.17, 15) is 13.6 Å². The fraction of sp³-hybridized carbons (Fsp3) is 0.538. The van der Waals surface area contributed by atoms with Gasteiger partial charge in [-0.3, -0.25) is 20.1 Å². The van der Waals surface area contributed by atoms with Gasteiger partial charge in [0.15, 0.2) is 28.4 Å². The Hall–Kier alpha value is -1.97. The highest BCUT2D eigenvalue weighted by Gasteiger charge is 2.27. The quantitative estimate of drug-likeness (QED) is 0.284. The zero-order valence-electron chi connectivity index (χ0n) is 15.1. The number of carbonyl (C=O) groups excluding carboxylic acids is 1. The molecule has 0 aliphatic carbocycles. The molecule has 2 atom stereocenters. The molecule has 0 fully saturated rings. The van der Waals surface area contributed by atoms with Crippen LogP contribution in [0.1, 0.15) is 38.2 Å². The second-order valence-corrected chi connectivity index (χ2v) is 8.42. The summed E-state index contributed by atoms with van der Waals surface area (Å²) in [6.45, 7) is 8.43. The molecule has 1 aromatic heterocycles. The molecular weight excluding hydrogens is 388 g/mol. The molecule has 0 spiro atoms. The second kappa shape index (κ2) is 9.11. The molecule has 0 aliphatic rings. The molecular formula is C13H24ClFN7O3P. The van der Waals surface area contributed by atoms with Gasteiger partial charge in [-0.2, -0.15) is 4.20 Å². The van der Waals surface area contributed by atoms with Crippen LogP contribution in [0.25, 0.3) is 0 Å². The summed E-state index contributed by atoms with van der Waals surface area (Å²) in [4.78, 5) is 18.5. The highest BCUT2D eigenvalue weighted by molar-refractivity contribution is 7.52. The Morgan fingerprint density at radius 1 is 1.35 bits per heavy atom. The van der Waals surface area contributed by atoms with Crippen LogP contribution < -0.4 is 22.5 Å². The lowest BCUT2D eigenvalue weighted by atomic mass is 9.91. The molecule has 2 unspecified atom stereocenters. The van der Waals surface area contributed by atoms with Crippen LogP contribution in [0, 0.1) is 10.8 Å². The minimum atomic E-state index is -3.82. The van der Waals surface area contributed by atoms with E-state index in [0.717, 1.165) is 6.66 Å². The van der Waals surface area contributed by atoms with Crippen LogP contribution in [0.2, 0.25) is 5.15 Å². The molecule has 1 heterocycles. The molecule has 1 amide bonds. The van der Waals surface area contributed by atoms with Gasteiger partial charge in [-0.1, -0.05) is 32.4 Å². The first-order valence-corrected chi connectivity index (χ1v) is 9.58. The number of hydrogen-bond donors (Lipinski definition) is 5. The van der Waals surface area contributed by atoms with Crippen molar-refractivity contribution in [1.29, 1.82) is 5.41 Å². The van der Waals surface area contributed by atoms with Gasteiger partial charge in [-0.05, 0) is 12.3 Å². The molecule has 0 bridgehead atoms. The van der Waals surface area contributed by atoms with Crippen molar-refractivity contribution in [2.75, 3.05) is 18.1 Å². The molecule has 0 aliphatic heterocycles. The van der Waals surface area contributed by atoms with Crippen molar-refractivity contribution in [2.24, 2.45) is 11.1 Å². The van der Waals surface area contributed by atoms with Gasteiger partial charge in [0, 0.05) is 6.66 Å². The van der Waals surface area contributed by atoms with Crippen LogP contribution in [0.5, 0.6) is 0 Å². The molecule has 0 aromatic carbocycles. The number of guanidine groups is 1. The summed E-state index contributed by atoms with van der Waals surface area (Å²) in [5.74, 6) is -1.56. The van der Waals surface area contributed by atoms with Gasteiger partial charge in [0.05, 0.1) is 6.10 Å². The Morgan fingerprint density at radius 2 is 1.85 bits per heavy atom. The smallest absolute Gasteiger partial charge is 0.364 e. The van der Waals surface area contributed by atoms with Crippen molar-refractivity contribution < 1.29 is 18.1 Å². The van der Waals surface area contributed by atoms with Crippen molar-refractivity contribution in [3.63, 3.8) is 0 Å². The number of halogens is 2. The standard InChI is InChI=1S/C7H16FO2P.C6H8ClN7O/c1-6(7(2,3)4)10-11(5,8)9;7-2-4(9)13-3(8)1(12-2)5(15)14-6(10)11/h6H,1-5H3;(H4,8,9,13)(H4,10,11,14,15). The van der Waals surface area contributed by atoms with Crippen molar-refractivity contribution in [1.82, 2.24) is 15.3 Å². The largest absolute Gasteiger partial charge is 0.382 e. The molecule has 0 saturated heterocycles. The third-order valence-corrected chi connectivity index (χ3v) is 3.91. The fourth-order valence-electron chi connectivity index (χ4n) is 1.23. The highest BCUT2D eigenvalue weighted by Crippen LogP contribution is 2.47. The first-order chi connectivity index (χ1) is 11.5. The average Bonchev–Trinajstić information content (AvgIpc) is 2.39. The Bertz CT molecular complexity index is 720. The normalized spacial score (nSPS) is 14.4. The lowest BCUT2D eigenvalue weighted by Gasteiger charge is -2.27. The summed E-state index contributed by atoms with van der Waals surface area (Å²) in [7, 11) is -3.82. The summed E-state index contributed by atoms with van der Waals surface area (Å²) < 4.78 is 27.8. The van der Waals surface area contributed by atoms with Crippen molar-refractivity contribution in [2.45, 2.75) is 33.8 Å². The van der Waals surface area contributed by atoms with Crippen LogP contribution in [0.3, 0.4) is 0 Å². The topological polar surface area (TPSA) is 183 Å². The van der Waals surface area contributed by atoms with E-state index in [0.29, 0.717) is 0 Å². The van der Waals surface area contributed by atoms with Crippen LogP contribution in [-0.4, -0.2) is 34.6 Å². The summed E-state index contributed by atoms with van der Waals surface area (Å²) in [6.07, 6.45) is -0.330. The number of carbonyl (C=O) groups is 1. The Labute approximate surface area is 156 Å². The molecule has 13 heteroatoms. The first-order valence-electron chi connectivity index (χ1n) is 7.24. The number of hydrogen-bond acceptors (Lipinski definition) is 8. The van der Waals surface area contributed by atoms with Gasteiger partial charge in [0.25, 0.3) is 5.91 Å². The van der Waals surface area contributed by atoms with Gasteiger partial charge in [-0.25, -0.2) is 9.97 Å². The Kier molecular flexibility index (Phi) is 8.42. The van der Waals surface area contributed by atoms with Crippen LogP contribution in [0.15, 0.2) is 0 Å². The minimum Gasteiger partial charge on any atom is -0.382 e. The van der Waals surface area contributed by atoms with E-state index < -0.39 is 19.5 Å². The molecule has 8 N–H and O–H groups in total. The highest BCUT2D eigenvalue weighted by atomic mass is 35.5. The van der Waals surface area contributed by atoms with E-state index in [1.807, 2.05) is 26.1 Å². The maximum atomic E-state index is 12.5. The Balaban J connectivity index is 0.000000508. The van der Waals surface area contributed by atoms with E-state index in [-0.39, 0.29) is 34.0 Å². The van der Waals surface area contributed by atoms with E-state index in [1.54, 1.807) is 6.92 Å².